The fourth-order valence-electron chi connectivity index (χ4n) is 1.98. The van der Waals surface area contributed by atoms with E-state index in [4.69, 9.17) is 12.2 Å². The van der Waals surface area contributed by atoms with Gasteiger partial charge in [-0.25, -0.2) is 0 Å². The highest BCUT2D eigenvalue weighted by molar-refractivity contribution is 5.82. The van der Waals surface area contributed by atoms with Crippen molar-refractivity contribution in [2.45, 2.75) is 38.3 Å². The highest BCUT2D eigenvalue weighted by Gasteiger charge is 2.25. The number of hydrogen-bond acceptors (Lipinski definition) is 3. The zero-order valence-electron chi connectivity index (χ0n) is 10.1. The molecular formula is C12H19N3O2. The van der Waals surface area contributed by atoms with Crippen molar-refractivity contribution in [1.82, 2.24) is 10.2 Å². The number of nitrogens with one attached hydrogen (secondary N) is 1. The predicted octanol–water partition coefficient (Wildman–Crippen LogP) is -0.536. The lowest BCUT2D eigenvalue weighted by Crippen LogP contribution is -2.50. The van der Waals surface area contributed by atoms with Gasteiger partial charge in [-0.3, -0.25) is 9.59 Å². The first kappa shape index (κ1) is 13.5. The molecule has 1 aliphatic rings. The summed E-state index contributed by atoms with van der Waals surface area (Å²) in [5.74, 6) is 2.27. The van der Waals surface area contributed by atoms with Crippen LogP contribution in [-0.2, 0) is 9.59 Å². The average Bonchev–Trinajstić information content (AvgIpc) is 2.28. The molecule has 5 nitrogen and oxygen atoms in total. The van der Waals surface area contributed by atoms with E-state index >= 15 is 0 Å². The number of piperidine rings is 1. The monoisotopic (exact) mass is 237 g/mol. The first-order chi connectivity index (χ1) is 8.04. The topological polar surface area (TPSA) is 75.4 Å². The lowest BCUT2D eigenvalue weighted by molar-refractivity contribution is -0.133. The van der Waals surface area contributed by atoms with Crippen molar-refractivity contribution in [1.29, 1.82) is 0 Å². The Hall–Kier alpha value is -1.54. The Morgan fingerprint density at radius 2 is 2.12 bits per heavy atom. The van der Waals surface area contributed by atoms with Crippen molar-refractivity contribution in [2.75, 3.05) is 13.1 Å². The predicted molar refractivity (Wildman–Crippen MR) is 64.8 cm³/mol. The summed E-state index contributed by atoms with van der Waals surface area (Å²) in [6, 6.07) is -0.433. The number of amides is 2. The second-order valence-corrected chi connectivity index (χ2v) is 4.31. The smallest absolute Gasteiger partial charge is 0.240 e. The molecule has 3 N–H and O–H groups in total. The minimum Gasteiger partial charge on any atom is -0.353 e. The first-order valence-corrected chi connectivity index (χ1v) is 5.79. The first-order valence-electron chi connectivity index (χ1n) is 5.79. The molecule has 1 saturated heterocycles. The highest BCUT2D eigenvalue weighted by Crippen LogP contribution is 2.11. The van der Waals surface area contributed by atoms with E-state index in [-0.39, 0.29) is 24.3 Å². The van der Waals surface area contributed by atoms with E-state index in [1.54, 1.807) is 4.90 Å². The fraction of sp³-hybridized carbons (Fsp3) is 0.667. The highest BCUT2D eigenvalue weighted by atomic mass is 16.2. The molecule has 0 saturated carbocycles. The zero-order chi connectivity index (χ0) is 12.8. The number of hydrogen-bond donors (Lipinski definition) is 2. The van der Waals surface area contributed by atoms with Crippen LogP contribution >= 0.6 is 0 Å². The van der Waals surface area contributed by atoms with Crippen molar-refractivity contribution in [3.05, 3.63) is 0 Å². The summed E-state index contributed by atoms with van der Waals surface area (Å²) in [5, 5.41) is 2.86. The van der Waals surface area contributed by atoms with Crippen LogP contribution in [0.4, 0.5) is 0 Å². The molecule has 17 heavy (non-hydrogen) atoms. The van der Waals surface area contributed by atoms with E-state index in [0.29, 0.717) is 13.1 Å². The molecule has 94 valence electrons. The van der Waals surface area contributed by atoms with Gasteiger partial charge in [0.05, 0.1) is 6.04 Å². The van der Waals surface area contributed by atoms with Gasteiger partial charge in [-0.1, -0.05) is 0 Å². The molecule has 1 fully saturated rings. The summed E-state index contributed by atoms with van der Waals surface area (Å²) in [4.78, 5) is 24.4. The molecule has 0 aromatic rings. The molecule has 1 aliphatic heterocycles. The molecule has 0 aliphatic carbocycles. The number of nitrogens with zero attached hydrogens (tertiary/aromatic N) is 1. The molecule has 1 atom stereocenters. The maximum absolute atomic E-state index is 11.8. The van der Waals surface area contributed by atoms with Crippen LogP contribution < -0.4 is 11.1 Å². The molecule has 1 rings (SSSR count). The van der Waals surface area contributed by atoms with Crippen molar-refractivity contribution >= 4 is 11.8 Å². The van der Waals surface area contributed by atoms with E-state index < -0.39 is 6.04 Å². The third-order valence-corrected chi connectivity index (χ3v) is 2.87. The molecule has 0 aromatic carbocycles. The molecule has 1 heterocycles. The van der Waals surface area contributed by atoms with Crippen LogP contribution in [0.2, 0.25) is 0 Å². The standard InChI is InChI=1S/C12H19N3O2/c1-3-4-11(13)12(17)15-7-5-10(6-8-15)14-9(2)16/h1,10-11H,4-8,13H2,2H3,(H,14,16). The summed E-state index contributed by atoms with van der Waals surface area (Å²) in [6.07, 6.45) is 6.94. The van der Waals surface area contributed by atoms with Gasteiger partial charge in [0.1, 0.15) is 0 Å². The van der Waals surface area contributed by atoms with Crippen LogP contribution in [0.5, 0.6) is 0 Å². The van der Waals surface area contributed by atoms with Gasteiger partial charge in [-0.2, -0.15) is 0 Å². The quantitative estimate of drug-likeness (QED) is 0.648. The Balaban J connectivity index is 2.39. The second-order valence-electron chi connectivity index (χ2n) is 4.31. The van der Waals surface area contributed by atoms with Gasteiger partial charge in [0, 0.05) is 32.5 Å². The summed E-state index contributed by atoms with van der Waals surface area (Å²) in [7, 11) is 0. The maximum atomic E-state index is 11.8. The number of nitrogens with two attached hydrogens (primary N) is 1. The normalized spacial score (nSPS) is 18.3. The van der Waals surface area contributed by atoms with Crippen LogP contribution in [0.15, 0.2) is 0 Å². The molecule has 0 radical (unpaired) electrons. The Morgan fingerprint density at radius 3 is 2.59 bits per heavy atom. The second kappa shape index (κ2) is 6.26. The molecule has 0 spiro atoms. The molecule has 5 heteroatoms. The van der Waals surface area contributed by atoms with Crippen molar-refractivity contribution in [3.8, 4) is 12.3 Å². The lowest BCUT2D eigenvalue weighted by atomic mass is 10.0. The van der Waals surface area contributed by atoms with Crippen LogP contribution in [-0.4, -0.2) is 41.9 Å². The molecule has 1 unspecified atom stereocenters. The van der Waals surface area contributed by atoms with Gasteiger partial charge in [-0.15, -0.1) is 12.3 Å². The summed E-state index contributed by atoms with van der Waals surface area (Å²) >= 11 is 0. The third-order valence-electron chi connectivity index (χ3n) is 2.87. The Kier molecular flexibility index (Phi) is 4.98. The molecule has 0 bridgehead atoms. The van der Waals surface area contributed by atoms with Crippen LogP contribution in [0.1, 0.15) is 26.2 Å². The third kappa shape index (κ3) is 4.08. The van der Waals surface area contributed by atoms with E-state index in [1.165, 1.54) is 6.92 Å². The Morgan fingerprint density at radius 1 is 1.53 bits per heavy atom. The van der Waals surface area contributed by atoms with Crippen molar-refractivity contribution in [2.24, 2.45) is 5.73 Å². The number of carbonyl (C=O) groups is 2. The summed E-state index contributed by atoms with van der Waals surface area (Å²) in [5.41, 5.74) is 5.67. The fourth-order valence-corrected chi connectivity index (χ4v) is 1.98. The number of terminal acetylenes is 1. The van der Waals surface area contributed by atoms with Gasteiger partial charge in [-0.05, 0) is 12.8 Å². The SMILES string of the molecule is C#CCC(N)C(=O)N1CCC(NC(C)=O)CC1. The maximum Gasteiger partial charge on any atom is 0.240 e. The number of carbonyl (C=O) groups excluding carboxylic acids is 2. The zero-order valence-corrected chi connectivity index (χ0v) is 10.1. The van der Waals surface area contributed by atoms with Gasteiger partial charge < -0.3 is 16.0 Å². The van der Waals surface area contributed by atoms with Gasteiger partial charge in [0.15, 0.2) is 0 Å². The van der Waals surface area contributed by atoms with Gasteiger partial charge in [0.2, 0.25) is 11.8 Å². The molecule has 2 amide bonds. The summed E-state index contributed by atoms with van der Waals surface area (Å²) < 4.78 is 0. The van der Waals surface area contributed by atoms with E-state index in [9.17, 15) is 9.59 Å². The van der Waals surface area contributed by atoms with Crippen LogP contribution in [0, 0.1) is 12.3 Å². The number of likely N-dealkylation sites (tertiary alicyclic amines) is 1. The van der Waals surface area contributed by atoms with Gasteiger partial charge in [0.25, 0.3) is 0 Å². The minimum atomic E-state index is -0.600. The van der Waals surface area contributed by atoms with E-state index in [1.807, 2.05) is 0 Å². The van der Waals surface area contributed by atoms with Crippen molar-refractivity contribution < 1.29 is 9.59 Å². The van der Waals surface area contributed by atoms with Gasteiger partial charge >= 0.3 is 0 Å². The molecular weight excluding hydrogens is 218 g/mol. The van der Waals surface area contributed by atoms with Crippen LogP contribution in [0.3, 0.4) is 0 Å². The minimum absolute atomic E-state index is 0.0289. The summed E-state index contributed by atoms with van der Waals surface area (Å²) in [6.45, 7) is 2.75. The largest absolute Gasteiger partial charge is 0.353 e. The van der Waals surface area contributed by atoms with E-state index in [0.717, 1.165) is 12.8 Å². The molecule has 0 aromatic heterocycles. The Bertz CT molecular complexity index is 327. The lowest BCUT2D eigenvalue weighted by Gasteiger charge is -2.33. The average molecular weight is 237 g/mol. The van der Waals surface area contributed by atoms with Crippen LogP contribution in [0.25, 0.3) is 0 Å². The van der Waals surface area contributed by atoms with E-state index in [2.05, 4.69) is 11.2 Å². The number of rotatable bonds is 3. The van der Waals surface area contributed by atoms with Crippen molar-refractivity contribution in [3.63, 3.8) is 0 Å². The Labute approximate surface area is 102 Å².